The normalized spacial score (nSPS) is 17.1. The van der Waals surface area contributed by atoms with Gasteiger partial charge < -0.3 is 25.6 Å². The van der Waals surface area contributed by atoms with Crippen LogP contribution in [0.5, 0.6) is 5.75 Å². The molecule has 2 aromatic rings. The van der Waals surface area contributed by atoms with E-state index >= 15 is 0 Å². The van der Waals surface area contributed by atoms with E-state index in [1.165, 1.54) is 13.0 Å². The van der Waals surface area contributed by atoms with Crippen LogP contribution in [0.1, 0.15) is 24.6 Å². The number of likely N-dealkylation sites (N-methyl/N-ethyl adjacent to an activating group) is 1. The van der Waals surface area contributed by atoms with E-state index in [9.17, 15) is 0 Å². The van der Waals surface area contributed by atoms with Gasteiger partial charge in [0.2, 0.25) is 5.95 Å². The van der Waals surface area contributed by atoms with Crippen LogP contribution in [0.25, 0.3) is 0 Å². The summed E-state index contributed by atoms with van der Waals surface area (Å²) in [5.74, 6) is 2.26. The van der Waals surface area contributed by atoms with E-state index in [0.29, 0.717) is 12.0 Å². The fourth-order valence-corrected chi connectivity index (χ4v) is 3.42. The lowest BCUT2D eigenvalue weighted by Crippen LogP contribution is -2.32. The topological polar surface area (TPSA) is 74.3 Å². The molecule has 1 unspecified atom stereocenters. The predicted molar refractivity (Wildman–Crippen MR) is 110 cm³/mol. The molecule has 2 heterocycles. The third kappa shape index (κ3) is 5.08. The number of hydrogen-bond donors (Lipinski definition) is 3. The van der Waals surface area contributed by atoms with Crippen molar-refractivity contribution in [2.24, 2.45) is 0 Å². The molecular weight excluding hydrogens is 340 g/mol. The largest absolute Gasteiger partial charge is 0.496 e. The first-order valence-electron chi connectivity index (χ1n) is 9.54. The number of nitrogens with one attached hydrogen (secondary N) is 3. The molecule has 7 heteroatoms. The lowest BCUT2D eigenvalue weighted by atomic mass is 10.1. The van der Waals surface area contributed by atoms with Gasteiger partial charge in [0.05, 0.1) is 7.11 Å². The van der Waals surface area contributed by atoms with E-state index < -0.39 is 0 Å². The number of hydrogen-bond acceptors (Lipinski definition) is 7. The highest BCUT2D eigenvalue weighted by Crippen LogP contribution is 2.25. The fraction of sp³-hybridized carbons (Fsp3) is 0.500. The second kappa shape index (κ2) is 9.01. The Morgan fingerprint density at radius 3 is 2.81 bits per heavy atom. The van der Waals surface area contributed by atoms with E-state index in [2.05, 4.69) is 43.8 Å². The summed E-state index contributed by atoms with van der Waals surface area (Å²) in [6.07, 6.45) is 1.19. The van der Waals surface area contributed by atoms with E-state index in [-0.39, 0.29) is 0 Å². The number of anilines is 3. The first kappa shape index (κ1) is 19.4. The minimum absolute atomic E-state index is 0.532. The molecular formula is C20H30N6O. The van der Waals surface area contributed by atoms with Gasteiger partial charge in [0.1, 0.15) is 11.6 Å². The number of nitrogens with zero attached hydrogens (tertiary/aromatic N) is 3. The van der Waals surface area contributed by atoms with E-state index in [4.69, 9.17) is 4.74 Å². The van der Waals surface area contributed by atoms with Crippen molar-refractivity contribution < 1.29 is 4.74 Å². The van der Waals surface area contributed by atoms with Crippen LogP contribution in [0.4, 0.5) is 17.5 Å². The minimum atomic E-state index is 0.532. The summed E-state index contributed by atoms with van der Waals surface area (Å²) in [4.78, 5) is 11.4. The molecule has 1 saturated heterocycles. The molecule has 0 bridgehead atoms. The summed E-state index contributed by atoms with van der Waals surface area (Å²) >= 11 is 0. The summed E-state index contributed by atoms with van der Waals surface area (Å²) in [6, 6.07) is 8.52. The van der Waals surface area contributed by atoms with Crippen molar-refractivity contribution in [1.29, 1.82) is 0 Å². The lowest BCUT2D eigenvalue weighted by Gasteiger charge is -2.17. The van der Waals surface area contributed by atoms with Crippen LogP contribution in [-0.2, 0) is 6.54 Å². The quantitative estimate of drug-likeness (QED) is 0.660. The summed E-state index contributed by atoms with van der Waals surface area (Å²) in [6.45, 7) is 8.35. The molecule has 0 spiro atoms. The van der Waals surface area contributed by atoms with E-state index in [1.807, 2.05) is 32.2 Å². The molecule has 1 atom stereocenters. The van der Waals surface area contributed by atoms with Gasteiger partial charge in [0.25, 0.3) is 0 Å². The molecule has 3 rings (SSSR count). The lowest BCUT2D eigenvalue weighted by molar-refractivity contribution is 0.344. The Bertz CT molecular complexity index is 766. The Balaban J connectivity index is 1.70. The zero-order valence-corrected chi connectivity index (χ0v) is 16.7. The van der Waals surface area contributed by atoms with Crippen LogP contribution in [0, 0.1) is 6.92 Å². The van der Waals surface area contributed by atoms with Crippen molar-refractivity contribution in [3.8, 4) is 5.75 Å². The van der Waals surface area contributed by atoms with Crippen molar-refractivity contribution in [1.82, 2.24) is 20.2 Å². The fourth-order valence-electron chi connectivity index (χ4n) is 3.42. The number of aryl methyl sites for hydroxylation is 1. The van der Waals surface area contributed by atoms with E-state index in [0.717, 1.165) is 48.1 Å². The van der Waals surface area contributed by atoms with Crippen molar-refractivity contribution >= 4 is 17.5 Å². The highest BCUT2D eigenvalue weighted by molar-refractivity contribution is 5.58. The molecule has 1 fully saturated rings. The first-order chi connectivity index (χ1) is 13.1. The number of likely N-dealkylation sites (tertiary alicyclic amines) is 1. The van der Waals surface area contributed by atoms with Gasteiger partial charge in [0.15, 0.2) is 0 Å². The summed E-state index contributed by atoms with van der Waals surface area (Å²) in [7, 11) is 3.56. The number of benzene rings is 1. The van der Waals surface area contributed by atoms with Gasteiger partial charge in [-0.2, -0.15) is 4.98 Å². The maximum atomic E-state index is 5.54. The number of methoxy groups -OCH3 is 1. The average molecular weight is 371 g/mol. The van der Waals surface area contributed by atoms with Crippen LogP contribution in [-0.4, -0.2) is 54.7 Å². The third-order valence-electron chi connectivity index (χ3n) is 4.95. The molecule has 1 aliphatic rings. The van der Waals surface area contributed by atoms with Crippen molar-refractivity contribution in [2.45, 2.75) is 32.9 Å². The molecule has 1 aliphatic heterocycles. The monoisotopic (exact) mass is 370 g/mol. The highest BCUT2D eigenvalue weighted by atomic mass is 16.5. The number of rotatable bonds is 8. The summed E-state index contributed by atoms with van der Waals surface area (Å²) < 4.78 is 5.54. The van der Waals surface area contributed by atoms with Gasteiger partial charge in [-0.3, -0.25) is 0 Å². The molecule has 0 amide bonds. The molecule has 3 N–H and O–H groups in total. The summed E-state index contributed by atoms with van der Waals surface area (Å²) in [5, 5.41) is 10.0. The maximum absolute atomic E-state index is 5.54. The van der Waals surface area contributed by atoms with Gasteiger partial charge in [-0.1, -0.05) is 6.92 Å². The Kier molecular flexibility index (Phi) is 6.47. The maximum Gasteiger partial charge on any atom is 0.229 e. The first-order valence-corrected chi connectivity index (χ1v) is 9.54. The zero-order valence-electron chi connectivity index (χ0n) is 16.7. The second-order valence-electron chi connectivity index (χ2n) is 6.88. The number of ether oxygens (including phenoxy) is 1. The third-order valence-corrected chi connectivity index (χ3v) is 4.95. The van der Waals surface area contributed by atoms with Gasteiger partial charge in [-0.05, 0) is 44.6 Å². The zero-order chi connectivity index (χ0) is 19.2. The molecule has 27 heavy (non-hydrogen) atoms. The molecule has 146 valence electrons. The van der Waals surface area contributed by atoms with Crippen molar-refractivity contribution in [3.05, 3.63) is 35.5 Å². The van der Waals surface area contributed by atoms with Crippen molar-refractivity contribution in [2.75, 3.05) is 44.4 Å². The predicted octanol–water partition coefficient (Wildman–Crippen LogP) is 2.76. The molecule has 0 aliphatic carbocycles. The van der Waals surface area contributed by atoms with Crippen LogP contribution >= 0.6 is 0 Å². The number of aromatic nitrogens is 2. The van der Waals surface area contributed by atoms with Crippen LogP contribution < -0.4 is 20.7 Å². The van der Waals surface area contributed by atoms with Crippen LogP contribution in [0.15, 0.2) is 24.3 Å². The Morgan fingerprint density at radius 2 is 2.11 bits per heavy atom. The Labute approximate surface area is 161 Å². The molecule has 0 saturated carbocycles. The van der Waals surface area contributed by atoms with Crippen LogP contribution in [0.3, 0.4) is 0 Å². The van der Waals surface area contributed by atoms with E-state index in [1.54, 1.807) is 7.11 Å². The van der Waals surface area contributed by atoms with Crippen molar-refractivity contribution in [3.63, 3.8) is 0 Å². The Morgan fingerprint density at radius 1 is 1.26 bits per heavy atom. The van der Waals surface area contributed by atoms with Gasteiger partial charge in [-0.15, -0.1) is 0 Å². The Hall–Kier alpha value is -2.38. The van der Waals surface area contributed by atoms with Crippen LogP contribution in [0.2, 0.25) is 0 Å². The van der Waals surface area contributed by atoms with Gasteiger partial charge in [-0.25, -0.2) is 4.98 Å². The van der Waals surface area contributed by atoms with Gasteiger partial charge in [0, 0.05) is 49.2 Å². The smallest absolute Gasteiger partial charge is 0.229 e. The molecule has 7 nitrogen and oxygen atoms in total. The summed E-state index contributed by atoms with van der Waals surface area (Å²) in [5.41, 5.74) is 2.98. The SMILES string of the molecule is CCN1CCC(NCc2cc(Nc3nc(C)cc(NC)n3)ccc2OC)C1. The molecule has 1 aromatic heterocycles. The average Bonchev–Trinajstić information content (AvgIpc) is 3.14. The minimum Gasteiger partial charge on any atom is -0.496 e. The second-order valence-corrected chi connectivity index (χ2v) is 6.88. The standard InChI is InChI=1S/C20H30N6O/c1-5-26-9-8-17(13-26)22-12-15-11-16(6-7-18(15)27-4)24-20-23-14(2)10-19(21-3)25-20/h6-7,10-11,17,22H,5,8-9,12-13H2,1-4H3,(H2,21,23,24,25). The molecule has 0 radical (unpaired) electrons. The molecule has 1 aromatic carbocycles. The highest BCUT2D eigenvalue weighted by Gasteiger charge is 2.20. The van der Waals surface area contributed by atoms with Gasteiger partial charge >= 0.3 is 0 Å².